The van der Waals surface area contributed by atoms with Gasteiger partial charge in [0.25, 0.3) is 0 Å². The van der Waals surface area contributed by atoms with Gasteiger partial charge in [-0.2, -0.15) is 4.98 Å². The fourth-order valence-electron chi connectivity index (χ4n) is 1.82. The molecule has 94 valence electrons. The molecule has 0 aromatic carbocycles. The van der Waals surface area contributed by atoms with Gasteiger partial charge in [-0.05, 0) is 0 Å². The molecule has 0 bridgehead atoms. The van der Waals surface area contributed by atoms with Gasteiger partial charge >= 0.3 is 0 Å². The van der Waals surface area contributed by atoms with Crippen molar-refractivity contribution < 1.29 is 9.47 Å². The van der Waals surface area contributed by atoms with E-state index >= 15 is 0 Å². The van der Waals surface area contributed by atoms with Crippen LogP contribution in [0.25, 0.3) is 0 Å². The summed E-state index contributed by atoms with van der Waals surface area (Å²) < 4.78 is 10.7. The maximum atomic E-state index is 5.53. The number of methoxy groups -OCH3 is 1. The first kappa shape index (κ1) is 12.1. The summed E-state index contributed by atoms with van der Waals surface area (Å²) in [6, 6.07) is 0. The van der Waals surface area contributed by atoms with Crippen LogP contribution >= 0.6 is 0 Å². The summed E-state index contributed by atoms with van der Waals surface area (Å²) in [6.45, 7) is 2.52. The second kappa shape index (κ2) is 5.29. The molecule has 6 heteroatoms. The van der Waals surface area contributed by atoms with Gasteiger partial charge in [-0.25, -0.2) is 4.98 Å². The summed E-state index contributed by atoms with van der Waals surface area (Å²) in [7, 11) is 3.54. The van der Waals surface area contributed by atoms with E-state index in [0.29, 0.717) is 31.6 Å². The van der Waals surface area contributed by atoms with Crippen LogP contribution in [0.5, 0.6) is 5.88 Å². The summed E-state index contributed by atoms with van der Waals surface area (Å²) in [6.07, 6.45) is 0.803. The molecule has 1 aliphatic heterocycles. The van der Waals surface area contributed by atoms with Crippen molar-refractivity contribution in [2.45, 2.75) is 13.0 Å². The third kappa shape index (κ3) is 2.48. The Bertz CT molecular complexity index is 380. The van der Waals surface area contributed by atoms with E-state index in [2.05, 4.69) is 9.97 Å². The van der Waals surface area contributed by atoms with Crippen molar-refractivity contribution in [3.05, 3.63) is 11.3 Å². The number of anilines is 1. The second-order valence-corrected chi connectivity index (χ2v) is 3.97. The van der Waals surface area contributed by atoms with Crippen LogP contribution in [0, 0.1) is 0 Å². The number of nitrogens with two attached hydrogens (primary N) is 1. The molecule has 0 amide bonds. The van der Waals surface area contributed by atoms with Crippen LogP contribution in [-0.4, -0.2) is 43.8 Å². The zero-order chi connectivity index (χ0) is 12.3. The molecule has 0 fully saturated rings. The Hall–Kier alpha value is -1.40. The lowest BCUT2D eigenvalue weighted by atomic mass is 10.1. The molecule has 0 saturated heterocycles. The maximum absolute atomic E-state index is 5.53. The normalized spacial score (nSPS) is 14.3. The summed E-state index contributed by atoms with van der Waals surface area (Å²) in [5.41, 5.74) is 7.50. The van der Waals surface area contributed by atoms with Crippen molar-refractivity contribution >= 4 is 5.95 Å². The number of hydrogen-bond donors (Lipinski definition) is 1. The monoisotopic (exact) mass is 238 g/mol. The average Bonchev–Trinajstić information content (AvgIpc) is 2.37. The quantitative estimate of drug-likeness (QED) is 0.793. The summed E-state index contributed by atoms with van der Waals surface area (Å²) >= 11 is 0. The van der Waals surface area contributed by atoms with Crippen molar-refractivity contribution in [3.8, 4) is 5.88 Å². The number of nitrogens with zero attached hydrogens (tertiary/aromatic N) is 3. The van der Waals surface area contributed by atoms with E-state index < -0.39 is 0 Å². The predicted molar refractivity (Wildman–Crippen MR) is 64.3 cm³/mol. The number of hydrogen-bond acceptors (Lipinski definition) is 6. The Morgan fingerprint density at radius 1 is 1.47 bits per heavy atom. The largest absolute Gasteiger partial charge is 0.481 e. The van der Waals surface area contributed by atoms with Gasteiger partial charge in [0.2, 0.25) is 11.8 Å². The topological polar surface area (TPSA) is 73.5 Å². The minimum absolute atomic E-state index is 0.527. The minimum atomic E-state index is 0.527. The van der Waals surface area contributed by atoms with Gasteiger partial charge in [-0.15, -0.1) is 0 Å². The molecule has 17 heavy (non-hydrogen) atoms. The van der Waals surface area contributed by atoms with Gasteiger partial charge in [0.05, 0.1) is 31.6 Å². The predicted octanol–water partition coefficient (Wildman–Crippen LogP) is -0.0472. The van der Waals surface area contributed by atoms with E-state index in [1.54, 1.807) is 7.11 Å². The molecule has 2 N–H and O–H groups in total. The Kier molecular flexibility index (Phi) is 3.75. The highest BCUT2D eigenvalue weighted by Gasteiger charge is 2.19. The van der Waals surface area contributed by atoms with E-state index in [0.717, 1.165) is 24.2 Å². The molecule has 6 nitrogen and oxygen atoms in total. The van der Waals surface area contributed by atoms with Gasteiger partial charge in [0.1, 0.15) is 0 Å². The maximum Gasteiger partial charge on any atom is 0.228 e. The first-order chi connectivity index (χ1) is 8.26. The molecule has 1 aromatic heterocycles. The lowest BCUT2D eigenvalue weighted by molar-refractivity contribution is 0.106. The average molecular weight is 238 g/mol. The minimum Gasteiger partial charge on any atom is -0.481 e. The van der Waals surface area contributed by atoms with Gasteiger partial charge in [0.15, 0.2) is 0 Å². The smallest absolute Gasteiger partial charge is 0.228 e. The molecule has 0 radical (unpaired) electrons. The standard InChI is InChI=1S/C11H18N4O2/c1-15(5-4-12)11-13-9-3-6-17-7-8(9)10(14-11)16-2/h3-7,12H2,1-2H3. The van der Waals surface area contributed by atoms with E-state index in [-0.39, 0.29) is 0 Å². The van der Waals surface area contributed by atoms with Crippen LogP contribution in [0.4, 0.5) is 5.95 Å². The van der Waals surface area contributed by atoms with E-state index in [4.69, 9.17) is 15.2 Å². The van der Waals surface area contributed by atoms with Crippen molar-refractivity contribution in [2.24, 2.45) is 5.73 Å². The lowest BCUT2D eigenvalue weighted by Crippen LogP contribution is -2.28. The molecule has 2 rings (SSSR count). The van der Waals surface area contributed by atoms with Gasteiger partial charge in [-0.1, -0.05) is 0 Å². The third-order valence-corrected chi connectivity index (χ3v) is 2.77. The Balaban J connectivity index is 2.35. The molecule has 1 aliphatic rings. The highest BCUT2D eigenvalue weighted by atomic mass is 16.5. The Morgan fingerprint density at radius 3 is 3.00 bits per heavy atom. The molecule has 0 unspecified atom stereocenters. The van der Waals surface area contributed by atoms with Crippen LogP contribution in [0.3, 0.4) is 0 Å². The van der Waals surface area contributed by atoms with Crippen LogP contribution in [0.15, 0.2) is 0 Å². The van der Waals surface area contributed by atoms with E-state index in [9.17, 15) is 0 Å². The van der Waals surface area contributed by atoms with Gasteiger partial charge < -0.3 is 20.1 Å². The Labute approximate surface area is 101 Å². The summed E-state index contributed by atoms with van der Waals surface area (Å²) in [4.78, 5) is 10.8. The molecule has 0 saturated carbocycles. The van der Waals surface area contributed by atoms with Crippen LogP contribution in [0.2, 0.25) is 0 Å². The fourth-order valence-corrected chi connectivity index (χ4v) is 1.82. The molecule has 2 heterocycles. The zero-order valence-corrected chi connectivity index (χ0v) is 10.3. The van der Waals surface area contributed by atoms with Crippen LogP contribution in [-0.2, 0) is 17.8 Å². The number of aromatic nitrogens is 2. The van der Waals surface area contributed by atoms with Crippen LogP contribution < -0.4 is 15.4 Å². The van der Waals surface area contributed by atoms with Crippen molar-refractivity contribution in [3.63, 3.8) is 0 Å². The molecular formula is C11H18N4O2. The zero-order valence-electron chi connectivity index (χ0n) is 10.3. The van der Waals surface area contributed by atoms with Crippen molar-refractivity contribution in [1.29, 1.82) is 0 Å². The highest BCUT2D eigenvalue weighted by Crippen LogP contribution is 2.25. The number of ether oxygens (including phenoxy) is 2. The first-order valence-electron chi connectivity index (χ1n) is 5.69. The van der Waals surface area contributed by atoms with Crippen LogP contribution in [0.1, 0.15) is 11.3 Å². The number of rotatable bonds is 4. The molecule has 0 aliphatic carbocycles. The van der Waals surface area contributed by atoms with Gasteiger partial charge in [0, 0.05) is 26.6 Å². The summed E-state index contributed by atoms with van der Waals surface area (Å²) in [5, 5.41) is 0. The van der Waals surface area contributed by atoms with Gasteiger partial charge in [-0.3, -0.25) is 0 Å². The second-order valence-electron chi connectivity index (χ2n) is 3.97. The molecule has 1 aromatic rings. The van der Waals surface area contributed by atoms with Crippen molar-refractivity contribution in [2.75, 3.05) is 38.8 Å². The summed E-state index contributed by atoms with van der Waals surface area (Å²) in [5.74, 6) is 1.27. The molecular weight excluding hydrogens is 220 g/mol. The lowest BCUT2D eigenvalue weighted by Gasteiger charge is -2.22. The van der Waals surface area contributed by atoms with E-state index in [1.165, 1.54) is 0 Å². The first-order valence-corrected chi connectivity index (χ1v) is 5.69. The van der Waals surface area contributed by atoms with Crippen molar-refractivity contribution in [1.82, 2.24) is 9.97 Å². The number of likely N-dealkylation sites (N-methyl/N-ethyl adjacent to an activating group) is 1. The fraction of sp³-hybridized carbons (Fsp3) is 0.636. The number of fused-ring (bicyclic) bond motifs is 1. The SMILES string of the molecule is COc1nc(N(C)CCN)nc2c1COCC2. The van der Waals surface area contributed by atoms with E-state index in [1.807, 2.05) is 11.9 Å². The highest BCUT2D eigenvalue weighted by molar-refractivity contribution is 5.40. The Morgan fingerprint density at radius 2 is 2.29 bits per heavy atom. The molecule has 0 atom stereocenters. The molecule has 0 spiro atoms. The third-order valence-electron chi connectivity index (χ3n) is 2.77.